The van der Waals surface area contributed by atoms with E-state index in [1.165, 1.54) is 10.9 Å². The van der Waals surface area contributed by atoms with Crippen LogP contribution in [0.1, 0.15) is 24.3 Å². The highest BCUT2D eigenvalue weighted by Crippen LogP contribution is 2.09. The number of aryl methyl sites for hydroxylation is 1. The number of carbonyl (C=O) groups excluding carboxylic acids is 1. The molecule has 0 N–H and O–H groups in total. The van der Waals surface area contributed by atoms with Crippen LogP contribution in [0.4, 0.5) is 0 Å². The molecule has 0 bridgehead atoms. The molecule has 1 rings (SSSR count). The predicted octanol–water partition coefficient (Wildman–Crippen LogP) is 1.39. The van der Waals surface area contributed by atoms with Gasteiger partial charge in [0.25, 0.3) is 0 Å². The van der Waals surface area contributed by atoms with Gasteiger partial charge in [-0.05, 0) is 11.7 Å². The molecule has 1 aromatic heterocycles. The number of aromatic nitrogens is 3. The Labute approximate surface area is 88.1 Å². The van der Waals surface area contributed by atoms with E-state index in [2.05, 4.69) is 24.2 Å². The molecular weight excluding hydrogens is 198 g/mol. The SMILES string of the molecule is CC(C)CSCC(=O)c1cnnn1C. The second-order valence-corrected chi connectivity index (χ2v) is 4.61. The Morgan fingerprint density at radius 1 is 1.64 bits per heavy atom. The van der Waals surface area contributed by atoms with Crippen LogP contribution >= 0.6 is 11.8 Å². The molecule has 1 aromatic rings. The Morgan fingerprint density at radius 3 is 2.86 bits per heavy atom. The maximum Gasteiger partial charge on any atom is 0.192 e. The van der Waals surface area contributed by atoms with Crippen molar-refractivity contribution in [1.82, 2.24) is 15.0 Å². The van der Waals surface area contributed by atoms with Gasteiger partial charge < -0.3 is 0 Å². The molecule has 0 fully saturated rings. The van der Waals surface area contributed by atoms with E-state index in [9.17, 15) is 4.79 Å². The summed E-state index contributed by atoms with van der Waals surface area (Å²) in [5.74, 6) is 2.25. The Hall–Kier alpha value is -0.840. The lowest BCUT2D eigenvalue weighted by Gasteiger charge is -2.03. The van der Waals surface area contributed by atoms with E-state index in [1.807, 2.05) is 0 Å². The highest BCUT2D eigenvalue weighted by Gasteiger charge is 2.10. The molecule has 0 aliphatic rings. The Bertz CT molecular complexity index is 309. The molecule has 0 saturated heterocycles. The van der Waals surface area contributed by atoms with E-state index in [1.54, 1.807) is 18.8 Å². The Morgan fingerprint density at radius 2 is 2.36 bits per heavy atom. The lowest BCUT2D eigenvalue weighted by atomic mass is 10.3. The van der Waals surface area contributed by atoms with E-state index >= 15 is 0 Å². The van der Waals surface area contributed by atoms with Crippen molar-refractivity contribution in [2.45, 2.75) is 13.8 Å². The lowest BCUT2D eigenvalue weighted by molar-refractivity contribution is 0.101. The van der Waals surface area contributed by atoms with Crippen molar-refractivity contribution >= 4 is 17.5 Å². The zero-order valence-electron chi connectivity index (χ0n) is 8.73. The number of hydrogen-bond donors (Lipinski definition) is 0. The van der Waals surface area contributed by atoms with Gasteiger partial charge in [0, 0.05) is 7.05 Å². The van der Waals surface area contributed by atoms with E-state index < -0.39 is 0 Å². The molecule has 0 unspecified atom stereocenters. The minimum absolute atomic E-state index is 0.100. The number of hydrogen-bond acceptors (Lipinski definition) is 4. The first-order chi connectivity index (χ1) is 6.61. The molecule has 0 aliphatic carbocycles. The van der Waals surface area contributed by atoms with Crippen LogP contribution < -0.4 is 0 Å². The summed E-state index contributed by atoms with van der Waals surface area (Å²) in [6.07, 6.45) is 1.51. The number of nitrogens with zero attached hydrogens (tertiary/aromatic N) is 3. The second-order valence-electron chi connectivity index (χ2n) is 3.58. The largest absolute Gasteiger partial charge is 0.291 e. The summed E-state index contributed by atoms with van der Waals surface area (Å²) in [5.41, 5.74) is 0.584. The fourth-order valence-electron chi connectivity index (χ4n) is 1.00. The molecule has 14 heavy (non-hydrogen) atoms. The smallest absolute Gasteiger partial charge is 0.192 e. The van der Waals surface area contributed by atoms with Crippen molar-refractivity contribution in [3.63, 3.8) is 0 Å². The molecule has 5 heteroatoms. The third-order valence-corrected chi connectivity index (χ3v) is 3.05. The molecular formula is C9H15N3OS. The average molecular weight is 213 g/mol. The van der Waals surface area contributed by atoms with Crippen molar-refractivity contribution in [2.24, 2.45) is 13.0 Å². The van der Waals surface area contributed by atoms with Gasteiger partial charge in [-0.3, -0.25) is 4.79 Å². The molecule has 0 spiro atoms. The molecule has 0 aromatic carbocycles. The number of ketones is 1. The topological polar surface area (TPSA) is 47.8 Å². The summed E-state index contributed by atoms with van der Waals surface area (Å²) < 4.78 is 1.51. The summed E-state index contributed by atoms with van der Waals surface area (Å²) in [5, 5.41) is 7.39. The summed E-state index contributed by atoms with van der Waals surface area (Å²) >= 11 is 1.66. The van der Waals surface area contributed by atoms with Crippen LogP contribution in [-0.4, -0.2) is 32.3 Å². The number of carbonyl (C=O) groups is 1. The molecule has 1 heterocycles. The zero-order chi connectivity index (χ0) is 10.6. The Kier molecular flexibility index (Phi) is 4.13. The van der Waals surface area contributed by atoms with Gasteiger partial charge in [0.2, 0.25) is 0 Å². The minimum Gasteiger partial charge on any atom is -0.291 e. The van der Waals surface area contributed by atoms with Gasteiger partial charge in [0.15, 0.2) is 5.78 Å². The zero-order valence-corrected chi connectivity index (χ0v) is 9.54. The monoisotopic (exact) mass is 213 g/mol. The molecule has 0 aliphatic heterocycles. The van der Waals surface area contributed by atoms with Crippen molar-refractivity contribution in [3.8, 4) is 0 Å². The highest BCUT2D eigenvalue weighted by atomic mass is 32.2. The summed E-state index contributed by atoms with van der Waals surface area (Å²) in [6.45, 7) is 4.28. The van der Waals surface area contributed by atoms with Gasteiger partial charge in [0.05, 0.1) is 11.9 Å². The van der Waals surface area contributed by atoms with Crippen LogP contribution in [0, 0.1) is 5.92 Å². The summed E-state index contributed by atoms with van der Waals surface area (Å²) in [6, 6.07) is 0. The van der Waals surface area contributed by atoms with E-state index in [4.69, 9.17) is 0 Å². The van der Waals surface area contributed by atoms with E-state index in [0.29, 0.717) is 17.4 Å². The van der Waals surface area contributed by atoms with Gasteiger partial charge in [-0.2, -0.15) is 11.8 Å². The molecule has 0 radical (unpaired) electrons. The highest BCUT2D eigenvalue weighted by molar-refractivity contribution is 7.99. The fourth-order valence-corrected chi connectivity index (χ4v) is 1.93. The van der Waals surface area contributed by atoms with Crippen LogP contribution in [0.25, 0.3) is 0 Å². The van der Waals surface area contributed by atoms with Crippen LogP contribution in [0.3, 0.4) is 0 Å². The van der Waals surface area contributed by atoms with Gasteiger partial charge >= 0.3 is 0 Å². The van der Waals surface area contributed by atoms with Gasteiger partial charge in [-0.25, -0.2) is 4.68 Å². The van der Waals surface area contributed by atoms with Crippen LogP contribution in [-0.2, 0) is 7.05 Å². The lowest BCUT2D eigenvalue weighted by Crippen LogP contribution is -2.10. The van der Waals surface area contributed by atoms with Gasteiger partial charge in [-0.15, -0.1) is 5.10 Å². The maximum absolute atomic E-state index is 11.6. The molecule has 0 amide bonds. The average Bonchev–Trinajstić information content (AvgIpc) is 2.50. The van der Waals surface area contributed by atoms with Crippen LogP contribution in [0.5, 0.6) is 0 Å². The summed E-state index contributed by atoms with van der Waals surface area (Å²) in [7, 11) is 1.73. The molecule has 78 valence electrons. The van der Waals surface area contributed by atoms with Crippen LogP contribution in [0.15, 0.2) is 6.20 Å². The number of thioether (sulfide) groups is 1. The first-order valence-corrected chi connectivity index (χ1v) is 5.72. The third-order valence-electron chi connectivity index (χ3n) is 1.68. The predicted molar refractivity (Wildman–Crippen MR) is 57.5 cm³/mol. The quantitative estimate of drug-likeness (QED) is 0.693. The fraction of sp³-hybridized carbons (Fsp3) is 0.667. The Balaban J connectivity index is 2.40. The molecule has 0 atom stereocenters. The van der Waals surface area contributed by atoms with Crippen molar-refractivity contribution < 1.29 is 4.79 Å². The third kappa shape index (κ3) is 3.14. The second kappa shape index (κ2) is 5.14. The summed E-state index contributed by atoms with van der Waals surface area (Å²) in [4.78, 5) is 11.6. The van der Waals surface area contributed by atoms with Crippen molar-refractivity contribution in [3.05, 3.63) is 11.9 Å². The standard InChI is InChI=1S/C9H15N3OS/c1-7(2)5-14-6-9(13)8-4-10-11-12(8)3/h4,7H,5-6H2,1-3H3. The van der Waals surface area contributed by atoms with E-state index in [0.717, 1.165) is 5.75 Å². The first kappa shape index (κ1) is 11.2. The molecule has 0 saturated carbocycles. The van der Waals surface area contributed by atoms with Gasteiger partial charge in [0.1, 0.15) is 5.69 Å². The first-order valence-electron chi connectivity index (χ1n) is 4.57. The number of rotatable bonds is 5. The molecule has 4 nitrogen and oxygen atoms in total. The van der Waals surface area contributed by atoms with E-state index in [-0.39, 0.29) is 5.78 Å². The van der Waals surface area contributed by atoms with Crippen molar-refractivity contribution in [2.75, 3.05) is 11.5 Å². The minimum atomic E-state index is 0.100. The number of Topliss-reactive ketones (excluding diaryl/α,β-unsaturated/α-hetero) is 1. The van der Waals surface area contributed by atoms with Crippen LogP contribution in [0.2, 0.25) is 0 Å². The maximum atomic E-state index is 11.6. The normalized spacial score (nSPS) is 10.9. The van der Waals surface area contributed by atoms with Gasteiger partial charge in [-0.1, -0.05) is 19.1 Å². The van der Waals surface area contributed by atoms with Crippen molar-refractivity contribution in [1.29, 1.82) is 0 Å².